The van der Waals surface area contributed by atoms with Crippen LogP contribution in [-0.2, 0) is 0 Å². The molecule has 0 unspecified atom stereocenters. The largest absolute Gasteiger partial charge is 0.475 e. The highest BCUT2D eigenvalue weighted by Crippen LogP contribution is 2.27. The van der Waals surface area contributed by atoms with E-state index < -0.39 is 5.97 Å². The number of hydrogen-bond donors (Lipinski definition) is 3. The Labute approximate surface area is 156 Å². The lowest BCUT2D eigenvalue weighted by molar-refractivity contribution is 0.0655. The summed E-state index contributed by atoms with van der Waals surface area (Å²) in [6, 6.07) is 8.15. The van der Waals surface area contributed by atoms with E-state index in [0.717, 1.165) is 0 Å². The van der Waals surface area contributed by atoms with Crippen molar-refractivity contribution < 1.29 is 14.4 Å². The fourth-order valence-electron chi connectivity index (χ4n) is 2.65. The first-order valence-electron chi connectivity index (χ1n) is 8.06. The number of rotatable bonds is 5. The van der Waals surface area contributed by atoms with E-state index in [-0.39, 0.29) is 33.9 Å². The Balaban J connectivity index is 1.80. The molecule has 0 aliphatic rings. The molecule has 11 heteroatoms. The zero-order valence-corrected chi connectivity index (χ0v) is 14.4. The van der Waals surface area contributed by atoms with Crippen LogP contribution in [0.2, 0.25) is 0 Å². The van der Waals surface area contributed by atoms with Gasteiger partial charge in [-0.2, -0.15) is 5.10 Å². The first kappa shape index (κ1) is 17.1. The van der Waals surface area contributed by atoms with E-state index in [1.165, 1.54) is 10.8 Å². The third-order valence-electron chi connectivity index (χ3n) is 3.91. The third-order valence-corrected chi connectivity index (χ3v) is 3.91. The van der Waals surface area contributed by atoms with Gasteiger partial charge in [0.1, 0.15) is 17.0 Å². The molecule has 0 bridgehead atoms. The molecule has 28 heavy (non-hydrogen) atoms. The van der Waals surface area contributed by atoms with Crippen molar-refractivity contribution in [2.75, 3.05) is 17.7 Å². The van der Waals surface area contributed by atoms with Crippen molar-refractivity contribution in [3.8, 4) is 5.82 Å². The number of aromatic carboxylic acids is 1. The molecule has 4 aromatic heterocycles. The van der Waals surface area contributed by atoms with Gasteiger partial charge in [-0.15, -0.1) is 5.10 Å². The first-order chi connectivity index (χ1) is 13.6. The molecule has 0 spiro atoms. The molecule has 0 amide bonds. The standard InChI is InChI=1S/C17H13N7O4/c1-18-10-8-11(21-14-13(10)23-28-15(14)17(26)27)20-9-4-3-7-24(16(9)25)12-5-2-6-19-22-12/h2-8,18H,1H3,(H,20,21)(H,26,27). The molecular weight excluding hydrogens is 366 g/mol. The molecule has 11 nitrogen and oxygen atoms in total. The minimum atomic E-state index is -1.29. The molecule has 0 aliphatic heterocycles. The fraction of sp³-hybridized carbons (Fsp3) is 0.0588. The van der Waals surface area contributed by atoms with Crippen molar-refractivity contribution in [3.63, 3.8) is 0 Å². The molecule has 0 atom stereocenters. The highest BCUT2D eigenvalue weighted by atomic mass is 16.5. The number of nitrogens with one attached hydrogen (secondary N) is 2. The Morgan fingerprint density at radius 2 is 2.07 bits per heavy atom. The summed E-state index contributed by atoms with van der Waals surface area (Å²) in [5, 5.41) is 26.5. The molecule has 4 heterocycles. The highest BCUT2D eigenvalue weighted by Gasteiger charge is 2.20. The zero-order valence-electron chi connectivity index (χ0n) is 14.4. The topological polar surface area (TPSA) is 148 Å². The summed E-state index contributed by atoms with van der Waals surface area (Å²) < 4.78 is 6.19. The number of carboxylic acids is 1. The summed E-state index contributed by atoms with van der Waals surface area (Å²) in [4.78, 5) is 28.3. The molecule has 4 rings (SSSR count). The Kier molecular flexibility index (Phi) is 4.16. The van der Waals surface area contributed by atoms with Gasteiger partial charge < -0.3 is 20.3 Å². The molecule has 0 saturated carbocycles. The van der Waals surface area contributed by atoms with E-state index in [0.29, 0.717) is 11.5 Å². The smallest absolute Gasteiger partial charge is 0.377 e. The van der Waals surface area contributed by atoms with Crippen LogP contribution < -0.4 is 16.2 Å². The minimum absolute atomic E-state index is 0.0621. The second-order valence-electron chi connectivity index (χ2n) is 5.62. The van der Waals surface area contributed by atoms with Crippen LogP contribution in [0.5, 0.6) is 0 Å². The maximum absolute atomic E-state index is 12.8. The van der Waals surface area contributed by atoms with Gasteiger partial charge in [0.15, 0.2) is 11.3 Å². The van der Waals surface area contributed by atoms with Crippen LogP contribution in [0.3, 0.4) is 0 Å². The second-order valence-corrected chi connectivity index (χ2v) is 5.62. The number of carboxylic acid groups (broad SMARTS) is 1. The Bertz CT molecular complexity index is 1230. The van der Waals surface area contributed by atoms with Crippen molar-refractivity contribution in [3.05, 3.63) is 58.8 Å². The Morgan fingerprint density at radius 1 is 1.21 bits per heavy atom. The predicted molar refractivity (Wildman–Crippen MR) is 99.2 cm³/mol. The van der Waals surface area contributed by atoms with Gasteiger partial charge >= 0.3 is 5.97 Å². The van der Waals surface area contributed by atoms with Gasteiger partial charge in [-0.25, -0.2) is 9.78 Å². The van der Waals surface area contributed by atoms with Crippen molar-refractivity contribution in [1.82, 2.24) is 24.9 Å². The van der Waals surface area contributed by atoms with Crippen molar-refractivity contribution >= 4 is 34.2 Å². The van der Waals surface area contributed by atoms with E-state index in [2.05, 4.69) is 31.0 Å². The molecule has 140 valence electrons. The van der Waals surface area contributed by atoms with Gasteiger partial charge in [0, 0.05) is 25.5 Å². The van der Waals surface area contributed by atoms with E-state index in [1.807, 2.05) is 0 Å². The molecule has 0 aliphatic carbocycles. The average molecular weight is 379 g/mol. The molecule has 3 N–H and O–H groups in total. The summed E-state index contributed by atoms with van der Waals surface area (Å²) in [5.74, 6) is -1.07. The monoisotopic (exact) mass is 379 g/mol. The highest BCUT2D eigenvalue weighted by molar-refractivity contribution is 6.02. The van der Waals surface area contributed by atoms with Crippen molar-refractivity contribution in [1.29, 1.82) is 0 Å². The van der Waals surface area contributed by atoms with Gasteiger partial charge in [0.2, 0.25) is 0 Å². The first-order valence-corrected chi connectivity index (χ1v) is 8.06. The van der Waals surface area contributed by atoms with Crippen LogP contribution in [0.1, 0.15) is 10.6 Å². The normalized spacial score (nSPS) is 10.8. The van der Waals surface area contributed by atoms with Gasteiger partial charge in [-0.1, -0.05) is 5.16 Å². The van der Waals surface area contributed by atoms with Crippen molar-refractivity contribution in [2.45, 2.75) is 0 Å². The quantitative estimate of drug-likeness (QED) is 0.467. The summed E-state index contributed by atoms with van der Waals surface area (Å²) in [5.41, 5.74) is 0.673. The molecule has 0 aromatic carbocycles. The van der Waals surface area contributed by atoms with E-state index in [1.54, 1.807) is 43.6 Å². The molecular formula is C17H13N7O4. The molecule has 0 saturated heterocycles. The summed E-state index contributed by atoms with van der Waals surface area (Å²) in [6.45, 7) is 0. The van der Waals surface area contributed by atoms with Crippen LogP contribution in [0.15, 0.2) is 52.0 Å². The number of fused-ring (bicyclic) bond motifs is 1. The lowest BCUT2D eigenvalue weighted by Gasteiger charge is -2.10. The zero-order chi connectivity index (χ0) is 19.7. The van der Waals surface area contributed by atoms with Gasteiger partial charge in [-0.05, 0) is 24.3 Å². The SMILES string of the molecule is CNc1cc(Nc2cccn(-c3cccnn3)c2=O)nc2c(C(=O)O)onc12. The number of anilines is 3. The van der Waals surface area contributed by atoms with Crippen molar-refractivity contribution in [2.24, 2.45) is 0 Å². The lowest BCUT2D eigenvalue weighted by Crippen LogP contribution is -2.21. The van der Waals surface area contributed by atoms with Crippen LogP contribution >= 0.6 is 0 Å². The predicted octanol–water partition coefficient (Wildman–Crippen LogP) is 1.65. The number of pyridine rings is 2. The summed E-state index contributed by atoms with van der Waals surface area (Å²) >= 11 is 0. The van der Waals surface area contributed by atoms with E-state index >= 15 is 0 Å². The molecule has 4 aromatic rings. The summed E-state index contributed by atoms with van der Waals surface area (Å²) in [6.07, 6.45) is 3.07. The van der Waals surface area contributed by atoms with Crippen LogP contribution in [-0.4, -0.2) is 43.0 Å². The fourth-order valence-corrected chi connectivity index (χ4v) is 2.65. The van der Waals surface area contributed by atoms with E-state index in [9.17, 15) is 14.7 Å². The van der Waals surface area contributed by atoms with Gasteiger partial charge in [0.05, 0.1) is 5.69 Å². The number of aromatic nitrogens is 5. The van der Waals surface area contributed by atoms with Crippen LogP contribution in [0.4, 0.5) is 17.2 Å². The lowest BCUT2D eigenvalue weighted by atomic mass is 10.2. The van der Waals surface area contributed by atoms with Gasteiger partial charge in [-0.3, -0.25) is 9.36 Å². The molecule has 0 radical (unpaired) electrons. The second kappa shape index (κ2) is 6.79. The average Bonchev–Trinajstić information content (AvgIpc) is 3.14. The molecule has 0 fully saturated rings. The minimum Gasteiger partial charge on any atom is -0.475 e. The van der Waals surface area contributed by atoms with Gasteiger partial charge in [0.25, 0.3) is 11.3 Å². The third kappa shape index (κ3) is 2.90. The summed E-state index contributed by atoms with van der Waals surface area (Å²) in [7, 11) is 1.65. The maximum atomic E-state index is 12.8. The van der Waals surface area contributed by atoms with Crippen LogP contribution in [0, 0.1) is 0 Å². The number of carbonyl (C=O) groups is 1. The number of nitrogens with zero attached hydrogens (tertiary/aromatic N) is 5. The van der Waals surface area contributed by atoms with Crippen LogP contribution in [0.25, 0.3) is 16.9 Å². The van der Waals surface area contributed by atoms with E-state index in [4.69, 9.17) is 4.52 Å². The number of hydrogen-bond acceptors (Lipinski definition) is 9. The Morgan fingerprint density at radius 3 is 2.79 bits per heavy atom. The Hall–Kier alpha value is -4.28. The maximum Gasteiger partial charge on any atom is 0.377 e.